The van der Waals surface area contributed by atoms with Crippen LogP contribution in [0.4, 0.5) is 0 Å². The van der Waals surface area contributed by atoms with E-state index in [2.05, 4.69) is 5.32 Å². The SMILES string of the molecule is CC(C)(C)NC(=O)C(c1ccc(Cl)cc1)N(C[C@H]1CC[C@@H]([C@@H]2CC[C@H](CO)O2)O1)C(=O)c1ccccc1. The molecule has 8 heteroatoms. The molecule has 37 heavy (non-hydrogen) atoms. The fourth-order valence-electron chi connectivity index (χ4n) is 5.11. The summed E-state index contributed by atoms with van der Waals surface area (Å²) in [7, 11) is 0. The molecule has 0 aliphatic carbocycles. The van der Waals surface area contributed by atoms with Gasteiger partial charge in [0.1, 0.15) is 6.04 Å². The van der Waals surface area contributed by atoms with Crippen LogP contribution in [0.5, 0.6) is 0 Å². The highest BCUT2D eigenvalue weighted by Gasteiger charge is 2.40. The highest BCUT2D eigenvalue weighted by molar-refractivity contribution is 6.30. The number of aliphatic hydroxyl groups excluding tert-OH is 1. The molecule has 0 aromatic heterocycles. The van der Waals surface area contributed by atoms with Gasteiger partial charge in [0, 0.05) is 22.7 Å². The minimum absolute atomic E-state index is 0.0116. The van der Waals surface area contributed by atoms with Gasteiger partial charge in [0.15, 0.2) is 0 Å². The molecule has 2 saturated heterocycles. The van der Waals surface area contributed by atoms with E-state index in [1.54, 1.807) is 41.3 Å². The normalized spacial score (nSPS) is 24.6. The van der Waals surface area contributed by atoms with Gasteiger partial charge in [0.05, 0.1) is 31.0 Å². The van der Waals surface area contributed by atoms with E-state index in [-0.39, 0.29) is 49.4 Å². The van der Waals surface area contributed by atoms with Crippen LogP contribution in [-0.2, 0) is 14.3 Å². The monoisotopic (exact) mass is 528 g/mol. The first kappa shape index (κ1) is 27.6. The maximum absolute atomic E-state index is 13.9. The summed E-state index contributed by atoms with van der Waals surface area (Å²) in [6.07, 6.45) is 2.68. The van der Waals surface area contributed by atoms with Crippen LogP contribution in [0.3, 0.4) is 0 Å². The lowest BCUT2D eigenvalue weighted by Crippen LogP contribution is -2.51. The lowest BCUT2D eigenvalue weighted by molar-refractivity contribution is -0.128. The van der Waals surface area contributed by atoms with Crippen molar-refractivity contribution in [3.63, 3.8) is 0 Å². The number of amides is 2. The molecular formula is C29H37ClN2O5. The Labute approximate surface area is 224 Å². The average Bonchev–Trinajstić information content (AvgIpc) is 3.53. The van der Waals surface area contributed by atoms with Crippen LogP contribution in [0.15, 0.2) is 54.6 Å². The Bertz CT molecular complexity index is 1060. The number of benzene rings is 2. The number of carbonyl (C=O) groups is 2. The van der Waals surface area contributed by atoms with E-state index < -0.39 is 11.6 Å². The Morgan fingerprint density at radius 1 is 0.973 bits per heavy atom. The van der Waals surface area contributed by atoms with E-state index >= 15 is 0 Å². The summed E-state index contributed by atoms with van der Waals surface area (Å²) in [5.41, 5.74) is 0.695. The van der Waals surface area contributed by atoms with Gasteiger partial charge in [-0.25, -0.2) is 0 Å². The third-order valence-corrected chi connectivity index (χ3v) is 7.08. The van der Waals surface area contributed by atoms with Crippen LogP contribution < -0.4 is 5.32 Å². The van der Waals surface area contributed by atoms with Crippen molar-refractivity contribution < 1.29 is 24.2 Å². The van der Waals surface area contributed by atoms with E-state index in [1.165, 1.54) is 0 Å². The molecule has 0 bridgehead atoms. The topological polar surface area (TPSA) is 88.1 Å². The van der Waals surface area contributed by atoms with Gasteiger partial charge in [0.2, 0.25) is 5.91 Å². The third kappa shape index (κ3) is 7.11. The summed E-state index contributed by atoms with van der Waals surface area (Å²) >= 11 is 6.15. The fraction of sp³-hybridized carbons (Fsp3) is 0.517. The smallest absolute Gasteiger partial charge is 0.254 e. The molecule has 2 fully saturated rings. The Hall–Kier alpha value is -2.45. The summed E-state index contributed by atoms with van der Waals surface area (Å²) in [5, 5.41) is 13.0. The number of ether oxygens (including phenoxy) is 2. The van der Waals surface area contributed by atoms with E-state index in [1.807, 2.05) is 39.0 Å². The van der Waals surface area contributed by atoms with Crippen LogP contribution in [0.25, 0.3) is 0 Å². The Morgan fingerprint density at radius 3 is 2.14 bits per heavy atom. The lowest BCUT2D eigenvalue weighted by atomic mass is 9.99. The van der Waals surface area contributed by atoms with Crippen molar-refractivity contribution in [2.24, 2.45) is 0 Å². The van der Waals surface area contributed by atoms with Gasteiger partial charge in [-0.3, -0.25) is 9.59 Å². The van der Waals surface area contributed by atoms with Gasteiger partial charge in [-0.05, 0) is 76.3 Å². The van der Waals surface area contributed by atoms with Gasteiger partial charge >= 0.3 is 0 Å². The highest BCUT2D eigenvalue weighted by Crippen LogP contribution is 2.33. The van der Waals surface area contributed by atoms with E-state index in [0.717, 1.165) is 25.7 Å². The number of carbonyl (C=O) groups excluding carboxylic acids is 2. The molecule has 2 aromatic carbocycles. The van der Waals surface area contributed by atoms with Crippen LogP contribution in [0.1, 0.15) is 68.4 Å². The number of rotatable bonds is 8. The number of hydrogen-bond acceptors (Lipinski definition) is 5. The molecule has 4 rings (SSSR count). The Balaban J connectivity index is 1.63. The number of aliphatic hydroxyl groups is 1. The second kappa shape index (κ2) is 11.9. The number of nitrogens with zero attached hydrogens (tertiary/aromatic N) is 1. The first-order valence-electron chi connectivity index (χ1n) is 13.0. The van der Waals surface area contributed by atoms with Gasteiger partial charge in [-0.1, -0.05) is 41.9 Å². The second-order valence-electron chi connectivity index (χ2n) is 10.9. The van der Waals surface area contributed by atoms with Crippen LogP contribution in [0, 0.1) is 0 Å². The Kier molecular flexibility index (Phi) is 8.90. The summed E-state index contributed by atoms with van der Waals surface area (Å²) in [4.78, 5) is 29.3. The van der Waals surface area contributed by atoms with Gasteiger partial charge in [-0.2, -0.15) is 0 Å². The molecule has 200 valence electrons. The van der Waals surface area contributed by atoms with Crippen molar-refractivity contribution in [1.82, 2.24) is 10.2 Å². The molecular weight excluding hydrogens is 492 g/mol. The summed E-state index contributed by atoms with van der Waals surface area (Å²) in [6, 6.07) is 15.2. The first-order valence-corrected chi connectivity index (χ1v) is 13.4. The molecule has 0 saturated carbocycles. The number of nitrogens with one attached hydrogen (secondary N) is 1. The van der Waals surface area contributed by atoms with E-state index in [4.69, 9.17) is 21.1 Å². The van der Waals surface area contributed by atoms with Crippen molar-refractivity contribution in [1.29, 1.82) is 0 Å². The maximum Gasteiger partial charge on any atom is 0.254 e. The molecule has 7 nitrogen and oxygen atoms in total. The minimum atomic E-state index is -0.867. The Morgan fingerprint density at radius 2 is 1.57 bits per heavy atom. The molecule has 2 aliphatic heterocycles. The van der Waals surface area contributed by atoms with Crippen LogP contribution >= 0.6 is 11.6 Å². The quantitative estimate of drug-likeness (QED) is 0.526. The van der Waals surface area contributed by atoms with Gasteiger partial charge in [0.25, 0.3) is 5.91 Å². The van der Waals surface area contributed by atoms with Crippen molar-refractivity contribution >= 4 is 23.4 Å². The molecule has 0 radical (unpaired) electrons. The molecule has 2 heterocycles. The predicted octanol–water partition coefficient (Wildman–Crippen LogP) is 4.53. The molecule has 2 aliphatic rings. The van der Waals surface area contributed by atoms with Crippen LogP contribution in [-0.4, -0.2) is 64.9 Å². The number of hydrogen-bond donors (Lipinski definition) is 2. The zero-order chi connectivity index (χ0) is 26.6. The molecule has 2 amide bonds. The van der Waals surface area contributed by atoms with Gasteiger partial charge in [-0.15, -0.1) is 0 Å². The van der Waals surface area contributed by atoms with E-state index in [9.17, 15) is 14.7 Å². The summed E-state index contributed by atoms with van der Waals surface area (Å²) < 4.78 is 12.3. The van der Waals surface area contributed by atoms with E-state index in [0.29, 0.717) is 16.1 Å². The standard InChI is InChI=1S/C29H37ClN2O5/c1-29(2,3)31-27(34)26(19-9-11-21(30)12-10-19)32(28(35)20-7-5-4-6-8-20)17-22-13-15-24(36-22)25-16-14-23(18-33)37-25/h4-12,22-26,33H,13-18H2,1-3H3,(H,31,34)/t22-,23-,24+,25+,26?/m1/s1. The predicted molar refractivity (Wildman–Crippen MR) is 142 cm³/mol. The van der Waals surface area contributed by atoms with Crippen molar-refractivity contribution in [2.45, 2.75) is 82.5 Å². The van der Waals surface area contributed by atoms with Crippen LogP contribution in [0.2, 0.25) is 5.02 Å². The highest BCUT2D eigenvalue weighted by atomic mass is 35.5. The largest absolute Gasteiger partial charge is 0.394 e. The van der Waals surface area contributed by atoms with Crippen molar-refractivity contribution in [3.8, 4) is 0 Å². The lowest BCUT2D eigenvalue weighted by Gasteiger charge is -2.35. The summed E-state index contributed by atoms with van der Waals surface area (Å²) in [5.74, 6) is -0.507. The molecule has 2 N–H and O–H groups in total. The first-order chi connectivity index (χ1) is 17.6. The van der Waals surface area contributed by atoms with Gasteiger partial charge < -0.3 is 24.8 Å². The average molecular weight is 529 g/mol. The second-order valence-corrected chi connectivity index (χ2v) is 11.4. The minimum Gasteiger partial charge on any atom is -0.394 e. The van der Waals surface area contributed by atoms with Crippen molar-refractivity contribution in [3.05, 3.63) is 70.7 Å². The molecule has 5 atom stereocenters. The number of halogens is 1. The maximum atomic E-state index is 13.9. The molecule has 1 unspecified atom stereocenters. The third-order valence-electron chi connectivity index (χ3n) is 6.83. The molecule has 2 aromatic rings. The van der Waals surface area contributed by atoms with Crippen molar-refractivity contribution in [2.75, 3.05) is 13.2 Å². The molecule has 0 spiro atoms. The summed E-state index contributed by atoms with van der Waals surface area (Å²) in [6.45, 7) is 6.01. The fourth-order valence-corrected chi connectivity index (χ4v) is 5.24. The zero-order valence-corrected chi connectivity index (χ0v) is 22.5. The zero-order valence-electron chi connectivity index (χ0n) is 21.7.